The molecule has 0 aliphatic rings. The van der Waals surface area contributed by atoms with Gasteiger partial charge in [0.2, 0.25) is 0 Å². The van der Waals surface area contributed by atoms with Crippen molar-refractivity contribution in [2.24, 2.45) is 5.73 Å². The van der Waals surface area contributed by atoms with Crippen LogP contribution >= 0.6 is 0 Å². The van der Waals surface area contributed by atoms with Gasteiger partial charge in [0.25, 0.3) is 0 Å². The third-order valence-corrected chi connectivity index (χ3v) is 4.02. The topological polar surface area (TPSA) is 52.3 Å². The molecular formula is C22H21NO2. The van der Waals surface area contributed by atoms with Crippen molar-refractivity contribution in [1.82, 2.24) is 0 Å². The molecule has 0 aromatic heterocycles. The van der Waals surface area contributed by atoms with Gasteiger partial charge in [0.15, 0.2) is 0 Å². The van der Waals surface area contributed by atoms with E-state index in [1.165, 1.54) is 0 Å². The van der Waals surface area contributed by atoms with Crippen molar-refractivity contribution in [3.8, 4) is 24.7 Å². The smallest absolute Gasteiger partial charge is 0.322 e. The molecule has 0 spiro atoms. The van der Waals surface area contributed by atoms with Crippen molar-refractivity contribution >= 4 is 5.97 Å². The zero-order chi connectivity index (χ0) is 18.4. The van der Waals surface area contributed by atoms with Gasteiger partial charge >= 0.3 is 5.97 Å². The Hall–Kier alpha value is -3.01. The molecule has 0 aliphatic heterocycles. The van der Waals surface area contributed by atoms with E-state index in [4.69, 9.17) is 23.3 Å². The Balaban J connectivity index is 2.40. The van der Waals surface area contributed by atoms with Crippen LogP contribution in [0.5, 0.6) is 0 Å². The van der Waals surface area contributed by atoms with Gasteiger partial charge in [0.1, 0.15) is 12.1 Å². The second-order valence-electron chi connectivity index (χ2n) is 5.94. The van der Waals surface area contributed by atoms with Gasteiger partial charge in [0, 0.05) is 17.0 Å². The quantitative estimate of drug-likeness (QED) is 0.677. The number of hydrogen-bond acceptors (Lipinski definition) is 3. The lowest BCUT2D eigenvalue weighted by Gasteiger charge is -2.26. The molecule has 0 fully saturated rings. The van der Waals surface area contributed by atoms with Crippen LogP contribution in [0.2, 0.25) is 0 Å². The standard InChI is InChI=1S/C22H21NO2/c1-5-17-7-11-19(12-8-17)21(16(4)25-22(24)15(3)23)20-13-9-18(6-2)10-14-20/h1-2,7-16,21H,23H2,3-4H3/t15-,16-/m0/s1. The Morgan fingerprint density at radius 3 is 1.64 bits per heavy atom. The van der Waals surface area contributed by atoms with E-state index in [0.29, 0.717) is 0 Å². The van der Waals surface area contributed by atoms with Crippen molar-refractivity contribution in [1.29, 1.82) is 0 Å². The van der Waals surface area contributed by atoms with Crippen LogP contribution in [0.25, 0.3) is 0 Å². The number of carbonyl (C=O) groups is 1. The molecule has 3 heteroatoms. The molecule has 25 heavy (non-hydrogen) atoms. The summed E-state index contributed by atoms with van der Waals surface area (Å²) in [5.74, 6) is 4.62. The van der Waals surface area contributed by atoms with E-state index in [0.717, 1.165) is 22.3 Å². The first-order valence-electron chi connectivity index (χ1n) is 8.05. The van der Waals surface area contributed by atoms with Crippen molar-refractivity contribution in [3.05, 3.63) is 70.8 Å². The lowest BCUT2D eigenvalue weighted by Crippen LogP contribution is -2.33. The number of benzene rings is 2. The summed E-state index contributed by atoms with van der Waals surface area (Å²) in [5, 5.41) is 0. The van der Waals surface area contributed by atoms with Crippen LogP contribution in [-0.4, -0.2) is 18.1 Å². The van der Waals surface area contributed by atoms with Gasteiger partial charge in [-0.2, -0.15) is 0 Å². The van der Waals surface area contributed by atoms with E-state index in [2.05, 4.69) is 11.8 Å². The van der Waals surface area contributed by atoms with E-state index in [1.807, 2.05) is 55.5 Å². The predicted molar refractivity (Wildman–Crippen MR) is 99.8 cm³/mol. The lowest BCUT2D eigenvalue weighted by atomic mass is 9.86. The Bertz CT molecular complexity index is 748. The van der Waals surface area contributed by atoms with Crippen molar-refractivity contribution in [3.63, 3.8) is 0 Å². The van der Waals surface area contributed by atoms with E-state index in [-0.39, 0.29) is 5.92 Å². The number of esters is 1. The van der Waals surface area contributed by atoms with E-state index in [1.54, 1.807) is 6.92 Å². The highest BCUT2D eigenvalue weighted by Gasteiger charge is 2.25. The molecule has 3 nitrogen and oxygen atoms in total. The van der Waals surface area contributed by atoms with Crippen LogP contribution in [0.1, 0.15) is 42.0 Å². The number of rotatable bonds is 5. The SMILES string of the molecule is C#Cc1ccc(C(c2ccc(C#C)cc2)[C@H](C)OC(=O)[C@H](C)N)cc1. The highest BCUT2D eigenvalue weighted by atomic mass is 16.5. The molecule has 2 aromatic rings. The number of terminal acetylenes is 2. The molecule has 2 aromatic carbocycles. The summed E-state index contributed by atoms with van der Waals surface area (Å²) in [5.41, 5.74) is 9.21. The van der Waals surface area contributed by atoms with Gasteiger partial charge in [-0.3, -0.25) is 4.79 Å². The second kappa shape index (κ2) is 8.20. The fourth-order valence-electron chi connectivity index (χ4n) is 2.67. The van der Waals surface area contributed by atoms with Crippen molar-refractivity contribution in [2.75, 3.05) is 0 Å². The summed E-state index contributed by atoms with van der Waals surface area (Å²) >= 11 is 0. The molecule has 0 unspecified atom stereocenters. The average Bonchev–Trinajstić information content (AvgIpc) is 2.63. The first kappa shape index (κ1) is 18.3. The van der Waals surface area contributed by atoms with Crippen molar-refractivity contribution in [2.45, 2.75) is 31.9 Å². The van der Waals surface area contributed by atoms with Gasteiger partial charge in [-0.1, -0.05) is 36.1 Å². The molecule has 2 atom stereocenters. The van der Waals surface area contributed by atoms with Crippen LogP contribution in [0.4, 0.5) is 0 Å². The van der Waals surface area contributed by atoms with E-state index < -0.39 is 18.1 Å². The summed E-state index contributed by atoms with van der Waals surface area (Å²) in [7, 11) is 0. The Morgan fingerprint density at radius 1 is 0.920 bits per heavy atom. The normalized spacial score (nSPS) is 12.7. The van der Waals surface area contributed by atoms with Gasteiger partial charge < -0.3 is 10.5 Å². The summed E-state index contributed by atoms with van der Waals surface area (Å²) in [4.78, 5) is 11.9. The fourth-order valence-corrected chi connectivity index (χ4v) is 2.67. The fraction of sp³-hybridized carbons (Fsp3) is 0.227. The summed E-state index contributed by atoms with van der Waals surface area (Å²) in [6.45, 7) is 3.46. The molecule has 126 valence electrons. The summed E-state index contributed by atoms with van der Waals surface area (Å²) in [6.07, 6.45) is 10.5. The molecule has 0 amide bonds. The Kier molecular flexibility index (Phi) is 6.01. The maximum atomic E-state index is 11.9. The molecule has 0 radical (unpaired) electrons. The van der Waals surface area contributed by atoms with Crippen LogP contribution in [0.15, 0.2) is 48.5 Å². The molecule has 0 saturated heterocycles. The van der Waals surface area contributed by atoms with Gasteiger partial charge in [0.05, 0.1) is 0 Å². The Labute approximate surface area is 149 Å². The number of carbonyl (C=O) groups excluding carboxylic acids is 1. The highest BCUT2D eigenvalue weighted by molar-refractivity contribution is 5.75. The van der Waals surface area contributed by atoms with E-state index in [9.17, 15) is 4.79 Å². The molecule has 2 N–H and O–H groups in total. The Morgan fingerprint density at radius 2 is 1.32 bits per heavy atom. The first-order valence-corrected chi connectivity index (χ1v) is 8.05. The van der Waals surface area contributed by atoms with Crippen LogP contribution in [-0.2, 0) is 9.53 Å². The van der Waals surface area contributed by atoms with Crippen LogP contribution < -0.4 is 5.73 Å². The van der Waals surface area contributed by atoms with Crippen LogP contribution in [0.3, 0.4) is 0 Å². The zero-order valence-electron chi connectivity index (χ0n) is 14.4. The first-order chi connectivity index (χ1) is 12.0. The number of ether oxygens (including phenoxy) is 1. The number of nitrogens with two attached hydrogens (primary N) is 1. The average molecular weight is 331 g/mol. The molecule has 0 saturated carbocycles. The van der Waals surface area contributed by atoms with Crippen LogP contribution in [0, 0.1) is 24.7 Å². The van der Waals surface area contributed by atoms with Crippen molar-refractivity contribution < 1.29 is 9.53 Å². The molecule has 0 aliphatic carbocycles. The second-order valence-corrected chi connectivity index (χ2v) is 5.94. The van der Waals surface area contributed by atoms with Gasteiger partial charge in [-0.15, -0.1) is 12.8 Å². The minimum absolute atomic E-state index is 0.152. The third kappa shape index (κ3) is 4.51. The highest BCUT2D eigenvalue weighted by Crippen LogP contribution is 2.30. The van der Waals surface area contributed by atoms with Gasteiger partial charge in [-0.25, -0.2) is 0 Å². The lowest BCUT2D eigenvalue weighted by molar-refractivity contribution is -0.149. The maximum Gasteiger partial charge on any atom is 0.322 e. The minimum Gasteiger partial charge on any atom is -0.461 e. The third-order valence-electron chi connectivity index (χ3n) is 4.02. The summed E-state index contributed by atoms with van der Waals surface area (Å²) < 4.78 is 5.55. The monoisotopic (exact) mass is 331 g/mol. The molecule has 0 heterocycles. The predicted octanol–water partition coefficient (Wildman–Crippen LogP) is 3.06. The summed E-state index contributed by atoms with van der Waals surface area (Å²) in [6, 6.07) is 14.6. The van der Waals surface area contributed by atoms with E-state index >= 15 is 0 Å². The number of hydrogen-bond donors (Lipinski definition) is 1. The molecule has 0 bridgehead atoms. The maximum absolute atomic E-state index is 11.9. The zero-order valence-corrected chi connectivity index (χ0v) is 14.4. The minimum atomic E-state index is -0.671. The molecular weight excluding hydrogens is 310 g/mol. The molecule has 2 rings (SSSR count). The largest absolute Gasteiger partial charge is 0.461 e. The van der Waals surface area contributed by atoms with Gasteiger partial charge in [-0.05, 0) is 49.2 Å².